The molecule has 0 radical (unpaired) electrons. The summed E-state index contributed by atoms with van der Waals surface area (Å²) < 4.78 is 0. The van der Waals surface area contributed by atoms with Crippen LogP contribution in [0.15, 0.2) is 73.8 Å². The molecule has 1 saturated heterocycles. The van der Waals surface area contributed by atoms with Gasteiger partial charge in [-0.25, -0.2) is 9.97 Å². The first-order valence-electron chi connectivity index (χ1n) is 12.8. The smallest absolute Gasteiger partial charge is 0.129 e. The third-order valence-electron chi connectivity index (χ3n) is 6.34. The summed E-state index contributed by atoms with van der Waals surface area (Å²) in [4.78, 5) is 17.7. The zero-order valence-electron chi connectivity index (χ0n) is 22.3. The molecule has 2 N–H and O–H groups in total. The number of aromatic nitrogens is 3. The molecule has 5 rings (SSSR count). The summed E-state index contributed by atoms with van der Waals surface area (Å²) in [6, 6.07) is 15.0. The summed E-state index contributed by atoms with van der Waals surface area (Å²) in [5.74, 6) is 1.94. The molecule has 0 spiro atoms. The highest BCUT2D eigenvalue weighted by atomic mass is 15.3. The largest absolute Gasteiger partial charge is 0.382 e. The lowest BCUT2D eigenvalue weighted by molar-refractivity contribution is 0.312. The maximum absolute atomic E-state index is 4.40. The molecule has 1 aromatic carbocycles. The van der Waals surface area contributed by atoms with E-state index in [4.69, 9.17) is 0 Å². The van der Waals surface area contributed by atoms with Crippen molar-refractivity contribution in [1.82, 2.24) is 19.9 Å². The molecule has 0 amide bonds. The van der Waals surface area contributed by atoms with Crippen LogP contribution in [-0.2, 0) is 0 Å². The van der Waals surface area contributed by atoms with Gasteiger partial charge in [0.05, 0.1) is 5.69 Å². The zero-order valence-corrected chi connectivity index (χ0v) is 22.3. The molecule has 7 nitrogen and oxygen atoms in total. The molecule has 1 fully saturated rings. The van der Waals surface area contributed by atoms with Gasteiger partial charge in [-0.1, -0.05) is 24.8 Å². The molecule has 1 aliphatic heterocycles. The van der Waals surface area contributed by atoms with Crippen LogP contribution in [0.2, 0.25) is 0 Å². The number of hydrogen-bond acceptors (Lipinski definition) is 7. The molecule has 37 heavy (non-hydrogen) atoms. The van der Waals surface area contributed by atoms with E-state index in [-0.39, 0.29) is 0 Å². The van der Waals surface area contributed by atoms with Gasteiger partial charge in [-0.2, -0.15) is 0 Å². The predicted molar refractivity (Wildman–Crippen MR) is 157 cm³/mol. The average Bonchev–Trinajstić information content (AvgIpc) is 2.93. The lowest BCUT2D eigenvalue weighted by Gasteiger charge is -2.33. The van der Waals surface area contributed by atoms with Crippen LogP contribution in [0.25, 0.3) is 28.0 Å². The number of nitrogens with zero attached hydrogens (tertiary/aromatic N) is 5. The first kappa shape index (κ1) is 26.1. The Labute approximate surface area is 220 Å². The number of pyridine rings is 3. The molecule has 4 aromatic rings. The van der Waals surface area contributed by atoms with Crippen LogP contribution >= 0.6 is 0 Å². The second-order valence-electron chi connectivity index (χ2n) is 9.58. The predicted octanol–water partition coefficient (Wildman–Crippen LogP) is 5.64. The zero-order chi connectivity index (χ0) is 26.2. The van der Waals surface area contributed by atoms with E-state index in [2.05, 4.69) is 99.3 Å². The molecule has 0 aliphatic carbocycles. The number of nitrogens with one attached hydrogen (secondary N) is 2. The average molecular weight is 496 g/mol. The van der Waals surface area contributed by atoms with Gasteiger partial charge in [0.1, 0.15) is 11.6 Å². The van der Waals surface area contributed by atoms with Gasteiger partial charge in [-0.3, -0.25) is 4.98 Å². The Hall–Kier alpha value is -3.97. The van der Waals surface area contributed by atoms with Crippen molar-refractivity contribution in [2.45, 2.75) is 19.9 Å². The fraction of sp³-hybridized carbons (Fsp3) is 0.300. The van der Waals surface area contributed by atoms with Crippen LogP contribution in [0, 0.1) is 0 Å². The summed E-state index contributed by atoms with van der Waals surface area (Å²) in [6.45, 7) is 12.4. The Kier molecular flexibility index (Phi) is 8.69. The van der Waals surface area contributed by atoms with Crippen molar-refractivity contribution in [2.24, 2.45) is 0 Å². The highest BCUT2D eigenvalue weighted by Crippen LogP contribution is 2.26. The minimum Gasteiger partial charge on any atom is -0.382 e. The Bertz CT molecular complexity index is 1330. The maximum Gasteiger partial charge on any atom is 0.129 e. The highest BCUT2D eigenvalue weighted by Gasteiger charge is 2.14. The van der Waals surface area contributed by atoms with Gasteiger partial charge >= 0.3 is 0 Å². The van der Waals surface area contributed by atoms with Crippen molar-refractivity contribution < 1.29 is 0 Å². The topological polar surface area (TPSA) is 69.2 Å². The first-order valence-corrected chi connectivity index (χ1v) is 12.8. The second kappa shape index (κ2) is 12.3. The SMILES string of the molecule is C=Cc1ccnc(N2CCN(C)CC2)c1.CNc1cc2cc(-c3cncc(NC(C)C)c3)ccc2cn1. The molecule has 0 unspecified atom stereocenters. The molecule has 0 bridgehead atoms. The Morgan fingerprint density at radius 2 is 1.70 bits per heavy atom. The lowest BCUT2D eigenvalue weighted by Crippen LogP contribution is -2.44. The van der Waals surface area contributed by atoms with Crippen LogP contribution in [0.5, 0.6) is 0 Å². The number of rotatable bonds is 6. The van der Waals surface area contributed by atoms with Crippen molar-refractivity contribution in [3.8, 4) is 11.1 Å². The van der Waals surface area contributed by atoms with Crippen molar-refractivity contribution in [3.05, 3.63) is 79.4 Å². The molecule has 3 aromatic heterocycles. The monoisotopic (exact) mass is 495 g/mol. The van der Waals surface area contributed by atoms with Gasteiger partial charge in [-0.05, 0) is 67.7 Å². The summed E-state index contributed by atoms with van der Waals surface area (Å²) in [5, 5.41) is 8.76. The summed E-state index contributed by atoms with van der Waals surface area (Å²) in [5.41, 5.74) is 4.44. The Balaban J connectivity index is 0.000000186. The molecule has 0 saturated carbocycles. The number of likely N-dealkylation sites (N-methyl/N-ethyl adjacent to an activating group) is 1. The molecule has 192 valence electrons. The van der Waals surface area contributed by atoms with Crippen LogP contribution in [0.4, 0.5) is 17.3 Å². The normalized spacial score (nSPS) is 13.7. The molecular formula is C30H37N7. The highest BCUT2D eigenvalue weighted by molar-refractivity contribution is 5.88. The number of anilines is 3. The van der Waals surface area contributed by atoms with E-state index >= 15 is 0 Å². The van der Waals surface area contributed by atoms with E-state index in [1.807, 2.05) is 44.0 Å². The van der Waals surface area contributed by atoms with E-state index in [1.54, 1.807) is 0 Å². The molecule has 0 atom stereocenters. The maximum atomic E-state index is 4.40. The Morgan fingerprint density at radius 1 is 0.892 bits per heavy atom. The number of fused-ring (bicyclic) bond motifs is 1. The van der Waals surface area contributed by atoms with Gasteiger partial charge in [0.15, 0.2) is 0 Å². The van der Waals surface area contributed by atoms with Crippen molar-refractivity contribution in [3.63, 3.8) is 0 Å². The van der Waals surface area contributed by atoms with Gasteiger partial charge in [0, 0.05) is 75.0 Å². The van der Waals surface area contributed by atoms with Crippen LogP contribution in [0.3, 0.4) is 0 Å². The minimum absolute atomic E-state index is 0.387. The van der Waals surface area contributed by atoms with Gasteiger partial charge in [0.25, 0.3) is 0 Å². The van der Waals surface area contributed by atoms with Crippen molar-refractivity contribution in [1.29, 1.82) is 0 Å². The molecule has 7 heteroatoms. The summed E-state index contributed by atoms with van der Waals surface area (Å²) in [6.07, 6.45) is 9.35. The summed E-state index contributed by atoms with van der Waals surface area (Å²) >= 11 is 0. The third-order valence-corrected chi connectivity index (χ3v) is 6.34. The molecular weight excluding hydrogens is 458 g/mol. The molecule has 1 aliphatic rings. The van der Waals surface area contributed by atoms with E-state index in [0.717, 1.165) is 65.6 Å². The van der Waals surface area contributed by atoms with Crippen LogP contribution in [0.1, 0.15) is 19.4 Å². The fourth-order valence-electron chi connectivity index (χ4n) is 4.24. The first-order chi connectivity index (χ1) is 17.9. The van der Waals surface area contributed by atoms with E-state index in [9.17, 15) is 0 Å². The number of benzene rings is 1. The molecule has 4 heterocycles. The van der Waals surface area contributed by atoms with Crippen LogP contribution < -0.4 is 15.5 Å². The lowest BCUT2D eigenvalue weighted by atomic mass is 10.0. The number of piperazine rings is 1. The second-order valence-corrected chi connectivity index (χ2v) is 9.58. The van der Waals surface area contributed by atoms with Crippen molar-refractivity contribution in [2.75, 3.05) is 55.8 Å². The summed E-state index contributed by atoms with van der Waals surface area (Å²) in [7, 11) is 4.04. The van der Waals surface area contributed by atoms with Gasteiger partial charge < -0.3 is 20.4 Å². The standard InChI is InChI=1S/C18H20N4.C12H17N3/c1-12(2)22-17-7-16(9-20-11-17)13-4-5-14-10-21-18(19-3)8-15(14)6-13;1-3-11-4-5-13-12(10-11)15-8-6-14(2)7-9-15/h4-12,22H,1-3H3,(H,19,21);3-5,10H,1,6-9H2,2H3. The fourth-order valence-corrected chi connectivity index (χ4v) is 4.24. The van der Waals surface area contributed by atoms with E-state index in [1.165, 1.54) is 5.39 Å². The third kappa shape index (κ3) is 7.05. The number of hydrogen-bond donors (Lipinski definition) is 2. The quantitative estimate of drug-likeness (QED) is 0.359. The Morgan fingerprint density at radius 3 is 2.43 bits per heavy atom. The van der Waals surface area contributed by atoms with Gasteiger partial charge in [0.2, 0.25) is 0 Å². The van der Waals surface area contributed by atoms with E-state index in [0.29, 0.717) is 6.04 Å². The minimum atomic E-state index is 0.387. The van der Waals surface area contributed by atoms with Gasteiger partial charge in [-0.15, -0.1) is 0 Å². The van der Waals surface area contributed by atoms with Crippen molar-refractivity contribution >= 4 is 34.2 Å². The van der Waals surface area contributed by atoms with Crippen LogP contribution in [-0.4, -0.2) is 66.2 Å². The van der Waals surface area contributed by atoms with E-state index < -0.39 is 0 Å².